The molecule has 1 atom stereocenters. The molecule has 3 heterocycles. The average molecular weight is 373 g/mol. The summed E-state index contributed by atoms with van der Waals surface area (Å²) in [6, 6.07) is 5.23. The molecule has 1 saturated heterocycles. The van der Waals surface area contributed by atoms with Gasteiger partial charge in [0.25, 0.3) is 5.91 Å². The van der Waals surface area contributed by atoms with E-state index in [1.807, 2.05) is 0 Å². The number of rotatable bonds is 5. The second-order valence-corrected chi connectivity index (χ2v) is 6.37. The first-order valence-corrected chi connectivity index (χ1v) is 8.62. The van der Waals surface area contributed by atoms with Gasteiger partial charge < -0.3 is 28.8 Å². The molecule has 1 aromatic heterocycles. The van der Waals surface area contributed by atoms with Crippen molar-refractivity contribution in [2.45, 2.75) is 26.0 Å². The summed E-state index contributed by atoms with van der Waals surface area (Å²) in [4.78, 5) is 29.5. The molecule has 0 saturated carbocycles. The van der Waals surface area contributed by atoms with E-state index in [1.165, 1.54) is 13.2 Å². The van der Waals surface area contributed by atoms with Gasteiger partial charge in [-0.25, -0.2) is 4.98 Å². The first kappa shape index (κ1) is 17.2. The van der Waals surface area contributed by atoms with Crippen molar-refractivity contribution in [2.24, 2.45) is 0 Å². The number of carbonyl (C=O) groups is 2. The van der Waals surface area contributed by atoms with Crippen molar-refractivity contribution in [3.8, 4) is 17.2 Å². The van der Waals surface area contributed by atoms with Crippen LogP contribution in [-0.2, 0) is 11.4 Å². The highest BCUT2D eigenvalue weighted by atomic mass is 16.7. The highest BCUT2D eigenvalue weighted by Gasteiger charge is 2.29. The van der Waals surface area contributed by atoms with Crippen LogP contribution in [0.25, 0.3) is 0 Å². The van der Waals surface area contributed by atoms with E-state index in [2.05, 4.69) is 10.3 Å². The summed E-state index contributed by atoms with van der Waals surface area (Å²) in [6.45, 7) is 2.78. The standard InChI is InChI=1S/C18H19N3O6/c1-11(22)19-12-4-5-21(7-12)18(23)14-8-25-17(20-14)9-24-13-2-3-15-16(6-13)27-10-26-15/h2-3,6,8,12H,4-5,7,9-10H2,1H3,(H,19,22)/t12-/m1/s1. The molecule has 142 valence electrons. The molecule has 2 amide bonds. The Labute approximate surface area is 155 Å². The molecule has 1 N–H and O–H groups in total. The predicted molar refractivity (Wildman–Crippen MR) is 91.5 cm³/mol. The van der Waals surface area contributed by atoms with Crippen molar-refractivity contribution in [3.05, 3.63) is 36.0 Å². The number of aromatic nitrogens is 1. The minimum atomic E-state index is -0.221. The second-order valence-electron chi connectivity index (χ2n) is 6.37. The van der Waals surface area contributed by atoms with Gasteiger partial charge in [-0.15, -0.1) is 0 Å². The molecule has 2 aliphatic rings. The van der Waals surface area contributed by atoms with E-state index < -0.39 is 0 Å². The summed E-state index contributed by atoms with van der Waals surface area (Å²) < 4.78 is 21.5. The molecule has 0 aliphatic carbocycles. The molecule has 4 rings (SSSR count). The second kappa shape index (κ2) is 7.18. The predicted octanol–water partition coefficient (Wildman–Crippen LogP) is 1.33. The van der Waals surface area contributed by atoms with Crippen LogP contribution >= 0.6 is 0 Å². The van der Waals surface area contributed by atoms with Crippen LogP contribution in [0.4, 0.5) is 0 Å². The lowest BCUT2D eigenvalue weighted by Gasteiger charge is -2.15. The molecular weight excluding hydrogens is 354 g/mol. The summed E-state index contributed by atoms with van der Waals surface area (Å²) in [6.07, 6.45) is 2.05. The number of hydrogen-bond donors (Lipinski definition) is 1. The van der Waals surface area contributed by atoms with Gasteiger partial charge in [0, 0.05) is 32.1 Å². The van der Waals surface area contributed by atoms with E-state index in [-0.39, 0.29) is 36.9 Å². The van der Waals surface area contributed by atoms with E-state index in [0.717, 1.165) is 6.42 Å². The molecule has 0 radical (unpaired) electrons. The third-order valence-electron chi connectivity index (χ3n) is 4.36. The topological polar surface area (TPSA) is 103 Å². The smallest absolute Gasteiger partial charge is 0.275 e. The van der Waals surface area contributed by atoms with Crippen LogP contribution in [0, 0.1) is 0 Å². The van der Waals surface area contributed by atoms with E-state index in [1.54, 1.807) is 23.1 Å². The molecule has 27 heavy (non-hydrogen) atoms. The Morgan fingerprint density at radius 1 is 1.33 bits per heavy atom. The van der Waals surface area contributed by atoms with Crippen molar-refractivity contribution in [1.29, 1.82) is 0 Å². The largest absolute Gasteiger partial charge is 0.484 e. The van der Waals surface area contributed by atoms with E-state index >= 15 is 0 Å². The maximum absolute atomic E-state index is 12.5. The number of fused-ring (bicyclic) bond motifs is 1. The third kappa shape index (κ3) is 3.81. The molecule has 0 unspecified atom stereocenters. The number of benzene rings is 1. The third-order valence-corrected chi connectivity index (χ3v) is 4.36. The first-order chi connectivity index (χ1) is 13.1. The molecule has 2 aliphatic heterocycles. The van der Waals surface area contributed by atoms with Gasteiger partial charge in [-0.1, -0.05) is 0 Å². The highest BCUT2D eigenvalue weighted by molar-refractivity contribution is 5.92. The quantitative estimate of drug-likeness (QED) is 0.843. The lowest BCUT2D eigenvalue weighted by Crippen LogP contribution is -2.37. The Balaban J connectivity index is 1.33. The fourth-order valence-corrected chi connectivity index (χ4v) is 3.10. The van der Waals surface area contributed by atoms with Gasteiger partial charge in [0.05, 0.1) is 0 Å². The molecular formula is C18H19N3O6. The Kier molecular flexibility index (Phi) is 4.57. The van der Waals surface area contributed by atoms with Gasteiger partial charge >= 0.3 is 0 Å². The number of hydrogen-bond acceptors (Lipinski definition) is 7. The van der Waals surface area contributed by atoms with Gasteiger partial charge in [0.15, 0.2) is 23.8 Å². The fraction of sp³-hybridized carbons (Fsp3) is 0.389. The number of amides is 2. The van der Waals surface area contributed by atoms with Crippen LogP contribution in [0.15, 0.2) is 28.9 Å². The Bertz CT molecular complexity index is 865. The number of ether oxygens (including phenoxy) is 3. The van der Waals surface area contributed by atoms with E-state index in [0.29, 0.717) is 36.2 Å². The molecule has 9 heteroatoms. The van der Waals surface area contributed by atoms with Gasteiger partial charge in [-0.2, -0.15) is 0 Å². The van der Waals surface area contributed by atoms with Crippen molar-refractivity contribution < 1.29 is 28.2 Å². The number of likely N-dealkylation sites (tertiary alicyclic amines) is 1. The van der Waals surface area contributed by atoms with E-state index in [4.69, 9.17) is 18.6 Å². The van der Waals surface area contributed by atoms with Crippen molar-refractivity contribution in [2.75, 3.05) is 19.9 Å². The maximum Gasteiger partial charge on any atom is 0.275 e. The van der Waals surface area contributed by atoms with Crippen molar-refractivity contribution >= 4 is 11.8 Å². The van der Waals surface area contributed by atoms with Crippen LogP contribution in [0.2, 0.25) is 0 Å². The Morgan fingerprint density at radius 3 is 3.04 bits per heavy atom. The normalized spacial score (nSPS) is 17.8. The molecule has 2 aromatic rings. The summed E-state index contributed by atoms with van der Waals surface area (Å²) in [5.74, 6) is 1.87. The summed E-state index contributed by atoms with van der Waals surface area (Å²) in [5, 5.41) is 2.82. The Hall–Kier alpha value is -3.23. The summed E-state index contributed by atoms with van der Waals surface area (Å²) in [7, 11) is 0. The lowest BCUT2D eigenvalue weighted by atomic mass is 10.2. The lowest BCUT2D eigenvalue weighted by molar-refractivity contribution is -0.119. The number of oxazole rings is 1. The van der Waals surface area contributed by atoms with Crippen LogP contribution < -0.4 is 19.5 Å². The van der Waals surface area contributed by atoms with Crippen LogP contribution in [-0.4, -0.2) is 47.6 Å². The molecule has 1 fully saturated rings. The zero-order valence-electron chi connectivity index (χ0n) is 14.8. The van der Waals surface area contributed by atoms with Crippen LogP contribution in [0.5, 0.6) is 17.2 Å². The first-order valence-electron chi connectivity index (χ1n) is 8.62. The van der Waals surface area contributed by atoms with Gasteiger partial charge in [0.1, 0.15) is 12.0 Å². The number of carbonyl (C=O) groups excluding carboxylic acids is 2. The van der Waals surface area contributed by atoms with Gasteiger partial charge in [-0.3, -0.25) is 9.59 Å². The SMILES string of the molecule is CC(=O)N[C@@H]1CCN(C(=O)c2coc(COc3ccc4c(c3)OCO4)n2)C1. The molecule has 1 aromatic carbocycles. The minimum absolute atomic E-state index is 0.0211. The number of nitrogens with zero attached hydrogens (tertiary/aromatic N) is 2. The zero-order valence-corrected chi connectivity index (χ0v) is 14.8. The van der Waals surface area contributed by atoms with Crippen LogP contribution in [0.3, 0.4) is 0 Å². The molecule has 9 nitrogen and oxygen atoms in total. The zero-order chi connectivity index (χ0) is 18.8. The Morgan fingerprint density at radius 2 is 2.19 bits per heavy atom. The maximum atomic E-state index is 12.5. The van der Waals surface area contributed by atoms with Gasteiger partial charge in [0.2, 0.25) is 18.6 Å². The van der Waals surface area contributed by atoms with E-state index in [9.17, 15) is 9.59 Å². The highest BCUT2D eigenvalue weighted by Crippen LogP contribution is 2.35. The van der Waals surface area contributed by atoms with Gasteiger partial charge in [-0.05, 0) is 18.6 Å². The fourth-order valence-electron chi connectivity index (χ4n) is 3.10. The van der Waals surface area contributed by atoms with Crippen molar-refractivity contribution in [3.63, 3.8) is 0 Å². The summed E-state index contributed by atoms with van der Waals surface area (Å²) in [5.41, 5.74) is 0.225. The van der Waals surface area contributed by atoms with Crippen LogP contribution in [0.1, 0.15) is 29.7 Å². The monoisotopic (exact) mass is 373 g/mol. The van der Waals surface area contributed by atoms with Crippen molar-refractivity contribution in [1.82, 2.24) is 15.2 Å². The minimum Gasteiger partial charge on any atom is -0.484 e. The average Bonchev–Trinajstić information content (AvgIpc) is 3.38. The molecule has 0 bridgehead atoms. The summed E-state index contributed by atoms with van der Waals surface area (Å²) >= 11 is 0. The number of nitrogens with one attached hydrogen (secondary N) is 1. The molecule has 0 spiro atoms.